The van der Waals surface area contributed by atoms with Crippen LogP contribution in [0.4, 0.5) is 5.13 Å². The maximum Gasteiger partial charge on any atom is 0.255 e. The molecule has 1 amide bonds. The van der Waals surface area contributed by atoms with Gasteiger partial charge in [0.1, 0.15) is 0 Å². The molecule has 1 aromatic carbocycles. The largest absolute Gasteiger partial charge is 0.375 e. The molecule has 1 aliphatic heterocycles. The maximum absolute atomic E-state index is 12.8. The van der Waals surface area contributed by atoms with Gasteiger partial charge in [-0.15, -0.1) is 0 Å². The van der Waals surface area contributed by atoms with E-state index in [2.05, 4.69) is 24.0 Å². The molecular weight excluding hydrogens is 306 g/mol. The van der Waals surface area contributed by atoms with Gasteiger partial charge in [0.15, 0.2) is 5.13 Å². The van der Waals surface area contributed by atoms with Crippen LogP contribution in [0.5, 0.6) is 0 Å². The van der Waals surface area contributed by atoms with Gasteiger partial charge in [-0.2, -0.15) is 0 Å². The molecule has 2 heterocycles. The van der Waals surface area contributed by atoms with E-state index in [1.807, 2.05) is 18.7 Å². The lowest BCUT2D eigenvalue weighted by Crippen LogP contribution is -2.34. The Morgan fingerprint density at radius 1 is 1.35 bits per heavy atom. The molecule has 1 aliphatic carbocycles. The van der Waals surface area contributed by atoms with E-state index >= 15 is 0 Å². The number of nitrogen functional groups attached to an aromatic ring is 1. The van der Waals surface area contributed by atoms with Crippen LogP contribution in [-0.4, -0.2) is 21.8 Å². The molecule has 2 N–H and O–H groups in total. The third-order valence-electron chi connectivity index (χ3n) is 5.10. The molecule has 1 aromatic heterocycles. The second-order valence-corrected chi connectivity index (χ2v) is 7.84. The van der Waals surface area contributed by atoms with E-state index in [4.69, 9.17) is 5.73 Å². The number of nitrogens with two attached hydrogens (primary N) is 1. The zero-order valence-corrected chi connectivity index (χ0v) is 14.5. The molecule has 2 aromatic rings. The molecule has 1 fully saturated rings. The lowest BCUT2D eigenvalue weighted by molar-refractivity contribution is 0.0697. The van der Waals surface area contributed by atoms with Crippen molar-refractivity contribution >= 4 is 22.4 Å². The Balaban J connectivity index is 1.74. The Labute approximate surface area is 140 Å². The van der Waals surface area contributed by atoms with Crippen molar-refractivity contribution in [3.63, 3.8) is 0 Å². The third kappa shape index (κ3) is 2.34. The van der Waals surface area contributed by atoms with E-state index in [0.29, 0.717) is 17.1 Å². The monoisotopic (exact) mass is 327 g/mol. The summed E-state index contributed by atoms with van der Waals surface area (Å²) in [6, 6.07) is 4.60. The summed E-state index contributed by atoms with van der Waals surface area (Å²) in [5.41, 5.74) is 11.0. The fraction of sp³-hybridized carbons (Fsp3) is 0.444. The number of thiazole rings is 1. The van der Waals surface area contributed by atoms with E-state index < -0.39 is 0 Å². The standard InChI is InChI=1S/C18H21N3OS/c1-9-6-13(16-10(2)20-18(19)23-16)7-14-8-21(17(22)15(9)14)11(3)12-4-5-12/h6-7,11-12H,4-5,8H2,1-3H3,(H2,19,20)/t11-/m0/s1. The molecule has 1 atom stereocenters. The van der Waals surface area contributed by atoms with Gasteiger partial charge in [0.05, 0.1) is 10.6 Å². The van der Waals surface area contributed by atoms with Gasteiger partial charge in [-0.05, 0) is 68.4 Å². The van der Waals surface area contributed by atoms with Crippen molar-refractivity contribution in [3.05, 3.63) is 34.5 Å². The number of aromatic nitrogens is 1. The number of amides is 1. The number of carbonyl (C=O) groups is 1. The highest BCUT2D eigenvalue weighted by atomic mass is 32.1. The first-order valence-electron chi connectivity index (χ1n) is 8.13. The minimum Gasteiger partial charge on any atom is -0.375 e. The first kappa shape index (κ1) is 14.7. The fourth-order valence-corrected chi connectivity index (χ4v) is 4.49. The highest BCUT2D eigenvalue weighted by Gasteiger charge is 2.39. The highest BCUT2D eigenvalue weighted by molar-refractivity contribution is 7.18. The average molecular weight is 327 g/mol. The molecular formula is C18H21N3OS. The molecule has 4 rings (SSSR count). The SMILES string of the molecule is Cc1cc(-c2sc(N)nc2C)cc2c1C(=O)N([C@@H](C)C1CC1)C2. The van der Waals surface area contributed by atoms with Gasteiger partial charge in [0, 0.05) is 18.2 Å². The summed E-state index contributed by atoms with van der Waals surface area (Å²) in [4.78, 5) is 20.3. The number of hydrogen-bond acceptors (Lipinski definition) is 4. The van der Waals surface area contributed by atoms with Crippen LogP contribution < -0.4 is 5.73 Å². The second-order valence-electron chi connectivity index (χ2n) is 6.80. The third-order valence-corrected chi connectivity index (χ3v) is 6.14. The summed E-state index contributed by atoms with van der Waals surface area (Å²) < 4.78 is 0. The molecule has 4 nitrogen and oxygen atoms in total. The van der Waals surface area contributed by atoms with Crippen molar-refractivity contribution in [1.82, 2.24) is 9.88 Å². The molecule has 1 saturated carbocycles. The summed E-state index contributed by atoms with van der Waals surface area (Å²) >= 11 is 1.51. The van der Waals surface area contributed by atoms with E-state index in [9.17, 15) is 4.79 Å². The number of rotatable bonds is 3. The number of anilines is 1. The number of benzene rings is 1. The van der Waals surface area contributed by atoms with Crippen molar-refractivity contribution in [2.45, 2.75) is 46.2 Å². The normalized spacial score (nSPS) is 18.4. The van der Waals surface area contributed by atoms with Crippen LogP contribution in [-0.2, 0) is 6.54 Å². The molecule has 0 radical (unpaired) electrons. The van der Waals surface area contributed by atoms with E-state index in [1.54, 1.807) is 0 Å². The van der Waals surface area contributed by atoms with Gasteiger partial charge in [-0.3, -0.25) is 4.79 Å². The Morgan fingerprint density at radius 2 is 2.09 bits per heavy atom. The first-order chi connectivity index (χ1) is 11.0. The van der Waals surface area contributed by atoms with E-state index in [-0.39, 0.29) is 5.91 Å². The predicted octanol–water partition coefficient (Wildman–Crippen LogP) is 3.76. The summed E-state index contributed by atoms with van der Waals surface area (Å²) in [6.45, 7) is 6.93. The molecule has 5 heteroatoms. The van der Waals surface area contributed by atoms with Gasteiger partial charge in [-0.25, -0.2) is 4.98 Å². The number of fused-ring (bicyclic) bond motifs is 1. The van der Waals surface area contributed by atoms with Gasteiger partial charge in [0.2, 0.25) is 0 Å². The van der Waals surface area contributed by atoms with Crippen molar-refractivity contribution < 1.29 is 4.79 Å². The van der Waals surface area contributed by atoms with Gasteiger partial charge >= 0.3 is 0 Å². The minimum atomic E-state index is 0.198. The summed E-state index contributed by atoms with van der Waals surface area (Å²) in [7, 11) is 0. The van der Waals surface area contributed by atoms with Crippen molar-refractivity contribution in [2.75, 3.05) is 5.73 Å². The van der Waals surface area contributed by atoms with Crippen LogP contribution >= 0.6 is 11.3 Å². The van der Waals surface area contributed by atoms with Crippen molar-refractivity contribution in [2.24, 2.45) is 5.92 Å². The van der Waals surface area contributed by atoms with Crippen molar-refractivity contribution in [1.29, 1.82) is 0 Å². The summed E-state index contributed by atoms with van der Waals surface area (Å²) in [6.07, 6.45) is 2.51. The van der Waals surface area contributed by atoms with Crippen LogP contribution in [0.15, 0.2) is 12.1 Å². The summed E-state index contributed by atoms with van der Waals surface area (Å²) in [5, 5.41) is 0.593. The van der Waals surface area contributed by atoms with Crippen molar-refractivity contribution in [3.8, 4) is 10.4 Å². The highest BCUT2D eigenvalue weighted by Crippen LogP contribution is 2.40. The summed E-state index contributed by atoms with van der Waals surface area (Å²) in [5.74, 6) is 0.889. The topological polar surface area (TPSA) is 59.2 Å². The molecule has 0 spiro atoms. The number of nitrogens with zero attached hydrogens (tertiary/aromatic N) is 2. The molecule has 2 aliphatic rings. The molecule has 0 saturated heterocycles. The first-order valence-corrected chi connectivity index (χ1v) is 8.95. The smallest absolute Gasteiger partial charge is 0.255 e. The lowest BCUT2D eigenvalue weighted by atomic mass is 9.99. The van der Waals surface area contributed by atoms with Crippen LogP contribution in [0.3, 0.4) is 0 Å². The molecule has 120 valence electrons. The number of aryl methyl sites for hydroxylation is 2. The molecule has 23 heavy (non-hydrogen) atoms. The molecule has 0 bridgehead atoms. The Bertz CT molecular complexity index is 807. The number of hydrogen-bond donors (Lipinski definition) is 1. The fourth-order valence-electron chi connectivity index (χ4n) is 3.67. The average Bonchev–Trinajstić information content (AvgIpc) is 3.21. The van der Waals surface area contributed by atoms with Gasteiger partial charge < -0.3 is 10.6 Å². The Morgan fingerprint density at radius 3 is 2.70 bits per heavy atom. The lowest BCUT2D eigenvalue weighted by Gasteiger charge is -2.24. The predicted molar refractivity (Wildman–Crippen MR) is 93.5 cm³/mol. The van der Waals surface area contributed by atoms with Crippen LogP contribution in [0.25, 0.3) is 10.4 Å². The van der Waals surface area contributed by atoms with Gasteiger partial charge in [0.25, 0.3) is 5.91 Å². The van der Waals surface area contributed by atoms with E-state index in [0.717, 1.165) is 39.4 Å². The van der Waals surface area contributed by atoms with E-state index in [1.165, 1.54) is 24.2 Å². The number of carbonyl (C=O) groups excluding carboxylic acids is 1. The Hall–Kier alpha value is -1.88. The zero-order chi connectivity index (χ0) is 16.3. The zero-order valence-electron chi connectivity index (χ0n) is 13.7. The second kappa shape index (κ2) is 5.06. The quantitative estimate of drug-likeness (QED) is 0.933. The molecule has 0 unspecified atom stereocenters. The van der Waals surface area contributed by atoms with Crippen LogP contribution in [0.2, 0.25) is 0 Å². The van der Waals surface area contributed by atoms with Crippen LogP contribution in [0.1, 0.15) is 46.9 Å². The van der Waals surface area contributed by atoms with Gasteiger partial charge in [-0.1, -0.05) is 11.3 Å². The minimum absolute atomic E-state index is 0.198. The Kier molecular flexibility index (Phi) is 3.23. The van der Waals surface area contributed by atoms with Crippen LogP contribution in [0, 0.1) is 19.8 Å². The maximum atomic E-state index is 12.8.